The summed E-state index contributed by atoms with van der Waals surface area (Å²) in [6, 6.07) is 3.02. The van der Waals surface area contributed by atoms with Gasteiger partial charge < -0.3 is 10.4 Å². The molecule has 0 fully saturated rings. The van der Waals surface area contributed by atoms with Crippen molar-refractivity contribution in [1.29, 1.82) is 0 Å². The van der Waals surface area contributed by atoms with E-state index in [1.807, 2.05) is 0 Å². The third-order valence-electron chi connectivity index (χ3n) is 1.99. The van der Waals surface area contributed by atoms with Crippen LogP contribution in [0.15, 0.2) is 24.4 Å². The number of carbonyl (C=O) groups excluding carboxylic acids is 1. The molecule has 1 rings (SSSR count). The van der Waals surface area contributed by atoms with Gasteiger partial charge in [-0.05, 0) is 12.1 Å². The summed E-state index contributed by atoms with van der Waals surface area (Å²) in [6.45, 7) is 0. The maximum absolute atomic E-state index is 12.1. The van der Waals surface area contributed by atoms with Gasteiger partial charge in [-0.3, -0.25) is 14.6 Å². The number of carboxylic acids is 1. The fourth-order valence-corrected chi connectivity index (χ4v) is 1.23. The van der Waals surface area contributed by atoms with Gasteiger partial charge in [-0.25, -0.2) is 0 Å². The van der Waals surface area contributed by atoms with Crippen LogP contribution in [0.1, 0.15) is 18.2 Å². The lowest BCUT2D eigenvalue weighted by Crippen LogP contribution is -2.40. The van der Waals surface area contributed by atoms with E-state index in [2.05, 4.69) is 4.98 Å². The van der Waals surface area contributed by atoms with Crippen LogP contribution in [0.2, 0.25) is 0 Å². The van der Waals surface area contributed by atoms with E-state index in [9.17, 15) is 22.8 Å². The van der Waals surface area contributed by atoms with E-state index in [0.717, 1.165) is 0 Å². The number of alkyl halides is 3. The van der Waals surface area contributed by atoms with Gasteiger partial charge in [0, 0.05) is 6.20 Å². The predicted molar refractivity (Wildman–Crippen MR) is 53.4 cm³/mol. The molecule has 1 atom stereocenters. The van der Waals surface area contributed by atoms with Gasteiger partial charge >= 0.3 is 18.1 Å². The van der Waals surface area contributed by atoms with Crippen LogP contribution in [0.3, 0.4) is 0 Å². The number of nitrogens with zero attached hydrogens (tertiary/aromatic N) is 1. The molecule has 2 N–H and O–H groups in total. The van der Waals surface area contributed by atoms with Crippen molar-refractivity contribution < 1.29 is 27.9 Å². The third-order valence-corrected chi connectivity index (χ3v) is 1.99. The van der Waals surface area contributed by atoms with E-state index in [4.69, 9.17) is 5.11 Å². The van der Waals surface area contributed by atoms with Crippen molar-refractivity contribution in [2.24, 2.45) is 0 Å². The highest BCUT2D eigenvalue weighted by atomic mass is 19.4. The minimum atomic E-state index is -5.06. The van der Waals surface area contributed by atoms with E-state index in [0.29, 0.717) is 0 Å². The number of carbonyl (C=O) groups is 2. The van der Waals surface area contributed by atoms with Gasteiger partial charge in [0.1, 0.15) is 0 Å². The Kier molecular flexibility index (Phi) is 4.24. The van der Waals surface area contributed by atoms with E-state index < -0.39 is 30.5 Å². The smallest absolute Gasteiger partial charge is 0.471 e. The second kappa shape index (κ2) is 5.48. The number of amides is 1. The second-order valence-electron chi connectivity index (χ2n) is 3.38. The first-order chi connectivity index (χ1) is 8.30. The summed E-state index contributed by atoms with van der Waals surface area (Å²) in [5, 5.41) is 10.2. The molecule has 18 heavy (non-hydrogen) atoms. The zero-order valence-electron chi connectivity index (χ0n) is 8.94. The Morgan fingerprint density at radius 1 is 1.39 bits per heavy atom. The summed E-state index contributed by atoms with van der Waals surface area (Å²) in [5.74, 6) is -3.53. The summed E-state index contributed by atoms with van der Waals surface area (Å²) in [4.78, 5) is 25.0. The Labute approximate surface area is 99.6 Å². The van der Waals surface area contributed by atoms with Crippen molar-refractivity contribution in [1.82, 2.24) is 10.3 Å². The van der Waals surface area contributed by atoms with Crippen LogP contribution in [-0.2, 0) is 9.59 Å². The maximum Gasteiger partial charge on any atom is 0.471 e. The highest BCUT2D eigenvalue weighted by Gasteiger charge is 2.40. The van der Waals surface area contributed by atoms with Crippen molar-refractivity contribution in [3.05, 3.63) is 30.1 Å². The number of aromatic nitrogens is 1. The summed E-state index contributed by atoms with van der Waals surface area (Å²) in [5.41, 5.74) is 0.0532. The number of nitrogens with one attached hydrogen (secondary N) is 1. The lowest BCUT2D eigenvalue weighted by molar-refractivity contribution is -0.174. The van der Waals surface area contributed by atoms with Crippen LogP contribution in [0.5, 0.6) is 0 Å². The number of pyridine rings is 1. The highest BCUT2D eigenvalue weighted by molar-refractivity contribution is 5.82. The van der Waals surface area contributed by atoms with Crippen LogP contribution in [0.25, 0.3) is 0 Å². The first kappa shape index (κ1) is 13.9. The first-order valence-corrected chi connectivity index (χ1v) is 4.81. The fraction of sp³-hybridized carbons (Fsp3) is 0.300. The van der Waals surface area contributed by atoms with Gasteiger partial charge in [0.15, 0.2) is 0 Å². The molecule has 0 aromatic carbocycles. The van der Waals surface area contributed by atoms with Crippen molar-refractivity contribution >= 4 is 11.9 Å². The Morgan fingerprint density at radius 2 is 2.06 bits per heavy atom. The number of carboxylic acid groups (broad SMARTS) is 1. The number of aliphatic carboxylic acids is 1. The van der Waals surface area contributed by atoms with E-state index in [1.54, 1.807) is 5.32 Å². The molecule has 0 spiro atoms. The molecule has 1 aromatic rings. The van der Waals surface area contributed by atoms with Gasteiger partial charge in [-0.2, -0.15) is 13.2 Å². The molecule has 0 saturated carbocycles. The van der Waals surface area contributed by atoms with E-state index >= 15 is 0 Å². The summed E-state index contributed by atoms with van der Waals surface area (Å²) in [7, 11) is 0. The average molecular weight is 262 g/mol. The maximum atomic E-state index is 12.1. The molecular formula is C10H9F3N2O3. The first-order valence-electron chi connectivity index (χ1n) is 4.81. The molecular weight excluding hydrogens is 253 g/mol. The Morgan fingerprint density at radius 3 is 2.50 bits per heavy atom. The molecule has 0 aliphatic carbocycles. The van der Waals surface area contributed by atoms with Crippen molar-refractivity contribution in [3.63, 3.8) is 0 Å². The van der Waals surface area contributed by atoms with Gasteiger partial charge in [-0.15, -0.1) is 0 Å². The molecule has 8 heteroatoms. The lowest BCUT2D eigenvalue weighted by Gasteiger charge is -2.17. The molecule has 1 amide bonds. The second-order valence-corrected chi connectivity index (χ2v) is 3.38. The number of rotatable bonds is 4. The quantitative estimate of drug-likeness (QED) is 0.856. The average Bonchev–Trinajstić information content (AvgIpc) is 2.27. The molecule has 98 valence electrons. The zero-order chi connectivity index (χ0) is 13.8. The summed E-state index contributed by atoms with van der Waals surface area (Å²) >= 11 is 0. The third kappa shape index (κ3) is 4.04. The zero-order valence-corrected chi connectivity index (χ0v) is 8.94. The molecule has 0 saturated heterocycles. The van der Waals surface area contributed by atoms with Crippen LogP contribution in [-0.4, -0.2) is 28.1 Å². The standard InChI is InChI=1S/C10H9F3N2O3/c11-10(12,13)9(18)15-7(5-8(16)17)6-3-1-2-4-14-6/h1-4,7H,5H2,(H,15,18)(H,16,17)/t7-/m0/s1. The van der Waals surface area contributed by atoms with E-state index in [1.165, 1.54) is 24.4 Å². The minimum Gasteiger partial charge on any atom is -0.481 e. The summed E-state index contributed by atoms with van der Waals surface area (Å²) in [6.07, 6.45) is -4.45. The topological polar surface area (TPSA) is 79.3 Å². The molecule has 0 bridgehead atoms. The Hall–Kier alpha value is -2.12. The highest BCUT2D eigenvalue weighted by Crippen LogP contribution is 2.19. The van der Waals surface area contributed by atoms with Crippen LogP contribution >= 0.6 is 0 Å². The monoisotopic (exact) mass is 262 g/mol. The van der Waals surface area contributed by atoms with Crippen LogP contribution in [0, 0.1) is 0 Å². The number of hydrogen-bond acceptors (Lipinski definition) is 3. The number of halogens is 3. The predicted octanol–water partition coefficient (Wildman–Crippen LogP) is 1.28. The van der Waals surface area contributed by atoms with Crippen LogP contribution in [0.4, 0.5) is 13.2 Å². The largest absolute Gasteiger partial charge is 0.481 e. The normalized spacial score (nSPS) is 12.8. The molecule has 0 aliphatic rings. The molecule has 1 aromatic heterocycles. The van der Waals surface area contributed by atoms with Crippen molar-refractivity contribution in [3.8, 4) is 0 Å². The van der Waals surface area contributed by atoms with Gasteiger partial charge in [-0.1, -0.05) is 6.07 Å². The molecule has 0 aliphatic heterocycles. The lowest BCUT2D eigenvalue weighted by atomic mass is 10.1. The molecule has 0 unspecified atom stereocenters. The Bertz CT molecular complexity index is 434. The van der Waals surface area contributed by atoms with Gasteiger partial charge in [0.05, 0.1) is 18.2 Å². The van der Waals surface area contributed by atoms with Crippen molar-refractivity contribution in [2.75, 3.05) is 0 Å². The molecule has 0 radical (unpaired) electrons. The van der Waals surface area contributed by atoms with Gasteiger partial charge in [0.2, 0.25) is 0 Å². The summed E-state index contributed by atoms with van der Waals surface area (Å²) < 4.78 is 36.2. The minimum absolute atomic E-state index is 0.0532. The SMILES string of the molecule is O=C(O)C[C@H](NC(=O)C(F)(F)F)c1ccccn1. The molecule has 5 nitrogen and oxygen atoms in total. The van der Waals surface area contributed by atoms with Crippen molar-refractivity contribution in [2.45, 2.75) is 18.6 Å². The number of hydrogen-bond donors (Lipinski definition) is 2. The molecule has 1 heterocycles. The Balaban J connectivity index is 2.87. The van der Waals surface area contributed by atoms with Crippen LogP contribution < -0.4 is 5.32 Å². The van der Waals surface area contributed by atoms with Gasteiger partial charge in [0.25, 0.3) is 0 Å². The fourth-order valence-electron chi connectivity index (χ4n) is 1.23. The van der Waals surface area contributed by atoms with E-state index in [-0.39, 0.29) is 5.69 Å².